The fraction of sp³-hybridized carbons (Fsp3) is 0.118. The molecule has 0 aliphatic carbocycles. The van der Waals surface area contributed by atoms with Gasteiger partial charge in [-0.15, -0.1) is 0 Å². The maximum atomic E-state index is 13.9. The number of hydrogen-bond acceptors (Lipinski definition) is 6. The van der Waals surface area contributed by atoms with Crippen LogP contribution in [0.3, 0.4) is 0 Å². The van der Waals surface area contributed by atoms with E-state index in [1.165, 1.54) is 43.3 Å². The van der Waals surface area contributed by atoms with Crippen LogP contribution in [0.5, 0.6) is 5.75 Å². The van der Waals surface area contributed by atoms with E-state index in [2.05, 4.69) is 9.97 Å². The minimum Gasteiger partial charge on any atom is -0.495 e. The van der Waals surface area contributed by atoms with Crippen LogP contribution in [-0.2, 0) is 17.1 Å². The van der Waals surface area contributed by atoms with Gasteiger partial charge >= 0.3 is 0 Å². The van der Waals surface area contributed by atoms with Crippen molar-refractivity contribution in [2.24, 2.45) is 7.05 Å². The molecule has 3 rings (SSSR count). The normalized spacial score (nSPS) is 11.3. The van der Waals surface area contributed by atoms with Gasteiger partial charge in [0, 0.05) is 19.4 Å². The molecule has 3 aromatic rings. The highest BCUT2D eigenvalue weighted by Gasteiger charge is 2.25. The standard InChI is InChI=1S/C17H14F2N4O4S/c1-23-9-12(21-16(23)15-11(19)4-3-7-20-15)17(24)22-28(25,26)14-8-10(18)5-6-13(14)27-2/h3-9H,1-2H3,(H,22,24). The summed E-state index contributed by atoms with van der Waals surface area (Å²) in [6, 6.07) is 5.44. The Kier molecular flexibility index (Phi) is 5.10. The first-order valence-electron chi connectivity index (χ1n) is 7.78. The van der Waals surface area contributed by atoms with Gasteiger partial charge < -0.3 is 9.30 Å². The first-order valence-corrected chi connectivity index (χ1v) is 9.26. The number of ether oxygens (including phenoxy) is 1. The Labute approximate surface area is 158 Å². The molecule has 1 N–H and O–H groups in total. The lowest BCUT2D eigenvalue weighted by Crippen LogP contribution is -2.31. The number of amides is 1. The predicted molar refractivity (Wildman–Crippen MR) is 94.0 cm³/mol. The summed E-state index contributed by atoms with van der Waals surface area (Å²) in [5.41, 5.74) is -0.389. The number of nitrogens with one attached hydrogen (secondary N) is 1. The van der Waals surface area contributed by atoms with E-state index in [0.29, 0.717) is 0 Å². The number of imidazole rings is 1. The second kappa shape index (κ2) is 7.35. The maximum absolute atomic E-state index is 13.9. The summed E-state index contributed by atoms with van der Waals surface area (Å²) >= 11 is 0. The summed E-state index contributed by atoms with van der Waals surface area (Å²) in [7, 11) is -1.75. The average molecular weight is 408 g/mol. The Hall–Kier alpha value is -3.34. The molecule has 8 nitrogen and oxygen atoms in total. The van der Waals surface area contributed by atoms with Crippen molar-refractivity contribution in [1.82, 2.24) is 19.3 Å². The molecule has 0 bridgehead atoms. The fourth-order valence-corrected chi connectivity index (χ4v) is 3.58. The van der Waals surface area contributed by atoms with Crippen molar-refractivity contribution in [3.63, 3.8) is 0 Å². The Morgan fingerprint density at radius 2 is 2.00 bits per heavy atom. The summed E-state index contributed by atoms with van der Waals surface area (Å²) in [6.45, 7) is 0. The molecule has 28 heavy (non-hydrogen) atoms. The summed E-state index contributed by atoms with van der Waals surface area (Å²) in [5, 5.41) is 0. The average Bonchev–Trinajstić information content (AvgIpc) is 3.03. The second-order valence-corrected chi connectivity index (χ2v) is 7.28. The SMILES string of the molecule is COc1ccc(F)cc1S(=O)(=O)NC(=O)c1cn(C)c(-c2ncccc2F)n1. The van der Waals surface area contributed by atoms with E-state index in [1.54, 1.807) is 4.72 Å². The van der Waals surface area contributed by atoms with Crippen LogP contribution in [0, 0.1) is 11.6 Å². The van der Waals surface area contributed by atoms with E-state index in [0.717, 1.165) is 18.2 Å². The van der Waals surface area contributed by atoms with E-state index < -0.39 is 32.5 Å². The molecule has 0 saturated carbocycles. The zero-order chi connectivity index (χ0) is 20.5. The lowest BCUT2D eigenvalue weighted by Gasteiger charge is -2.10. The van der Waals surface area contributed by atoms with Crippen LogP contribution in [-0.4, -0.2) is 36.0 Å². The van der Waals surface area contributed by atoms with Gasteiger partial charge in [-0.2, -0.15) is 0 Å². The number of nitrogens with zero attached hydrogens (tertiary/aromatic N) is 3. The van der Waals surface area contributed by atoms with Crippen LogP contribution in [0.25, 0.3) is 11.5 Å². The van der Waals surface area contributed by atoms with E-state index in [1.807, 2.05) is 0 Å². The molecule has 1 amide bonds. The van der Waals surface area contributed by atoms with Crippen LogP contribution in [0.1, 0.15) is 10.5 Å². The maximum Gasteiger partial charge on any atom is 0.285 e. The largest absolute Gasteiger partial charge is 0.495 e. The monoisotopic (exact) mass is 408 g/mol. The van der Waals surface area contributed by atoms with Gasteiger partial charge in [-0.05, 0) is 30.3 Å². The van der Waals surface area contributed by atoms with Gasteiger partial charge in [-0.25, -0.2) is 31.9 Å². The summed E-state index contributed by atoms with van der Waals surface area (Å²) < 4.78 is 60.4. The molecule has 0 aliphatic rings. The van der Waals surface area contributed by atoms with Gasteiger partial charge in [0.15, 0.2) is 11.6 Å². The number of aromatic nitrogens is 3. The Balaban J connectivity index is 1.93. The van der Waals surface area contributed by atoms with Crippen molar-refractivity contribution in [2.45, 2.75) is 4.90 Å². The molecular weight excluding hydrogens is 394 g/mol. The minimum atomic E-state index is -4.45. The first kappa shape index (κ1) is 19.4. The number of aryl methyl sites for hydroxylation is 1. The van der Waals surface area contributed by atoms with Crippen molar-refractivity contribution in [3.05, 3.63) is 60.1 Å². The fourth-order valence-electron chi connectivity index (χ4n) is 2.44. The lowest BCUT2D eigenvalue weighted by atomic mass is 10.3. The van der Waals surface area contributed by atoms with Crippen LogP contribution in [0.4, 0.5) is 8.78 Å². The second-order valence-electron chi connectivity index (χ2n) is 5.62. The van der Waals surface area contributed by atoms with Crippen molar-refractivity contribution < 1.29 is 26.7 Å². The smallest absolute Gasteiger partial charge is 0.285 e. The Morgan fingerprint density at radius 3 is 2.68 bits per heavy atom. The van der Waals surface area contributed by atoms with Crippen LogP contribution in [0.15, 0.2) is 47.6 Å². The van der Waals surface area contributed by atoms with Gasteiger partial charge in [0.05, 0.1) is 7.11 Å². The third-order valence-corrected chi connectivity index (χ3v) is 5.07. The number of carbonyl (C=O) groups excluding carboxylic acids is 1. The zero-order valence-corrected chi connectivity index (χ0v) is 15.5. The number of carbonyl (C=O) groups is 1. The predicted octanol–water partition coefficient (Wildman–Crippen LogP) is 1.89. The van der Waals surface area contributed by atoms with Gasteiger partial charge in [-0.1, -0.05) is 0 Å². The quantitative estimate of drug-likeness (QED) is 0.692. The van der Waals surface area contributed by atoms with E-state index >= 15 is 0 Å². The number of sulfonamides is 1. The third kappa shape index (κ3) is 3.69. The summed E-state index contributed by atoms with van der Waals surface area (Å²) in [4.78, 5) is 19.7. The van der Waals surface area contributed by atoms with E-state index in [9.17, 15) is 22.0 Å². The van der Waals surface area contributed by atoms with Gasteiger partial charge in [-0.3, -0.25) is 4.79 Å². The number of rotatable bonds is 5. The van der Waals surface area contributed by atoms with Crippen molar-refractivity contribution in [2.75, 3.05) is 7.11 Å². The van der Waals surface area contributed by atoms with Crippen LogP contribution >= 0.6 is 0 Å². The van der Waals surface area contributed by atoms with Crippen molar-refractivity contribution in [3.8, 4) is 17.3 Å². The van der Waals surface area contributed by atoms with E-state index in [-0.39, 0.29) is 23.0 Å². The summed E-state index contributed by atoms with van der Waals surface area (Å²) in [5.74, 6) is -2.66. The molecule has 0 unspecified atom stereocenters. The number of methoxy groups -OCH3 is 1. The molecule has 0 fully saturated rings. The minimum absolute atomic E-state index is 0.0315. The van der Waals surface area contributed by atoms with Crippen LogP contribution in [0.2, 0.25) is 0 Å². The highest BCUT2D eigenvalue weighted by atomic mass is 32.2. The molecule has 0 atom stereocenters. The highest BCUT2D eigenvalue weighted by Crippen LogP contribution is 2.25. The molecule has 1 aromatic carbocycles. The molecule has 0 radical (unpaired) electrons. The molecule has 11 heteroatoms. The molecule has 0 saturated heterocycles. The number of hydrogen-bond donors (Lipinski definition) is 1. The molecule has 146 valence electrons. The molecular formula is C17H14F2N4O4S. The van der Waals surface area contributed by atoms with Gasteiger partial charge in [0.1, 0.15) is 27.9 Å². The lowest BCUT2D eigenvalue weighted by molar-refractivity contribution is 0.0977. The molecule has 0 aliphatic heterocycles. The van der Waals surface area contributed by atoms with Gasteiger partial charge in [0.25, 0.3) is 15.9 Å². The van der Waals surface area contributed by atoms with Crippen LogP contribution < -0.4 is 9.46 Å². The molecule has 2 heterocycles. The van der Waals surface area contributed by atoms with Crippen molar-refractivity contribution in [1.29, 1.82) is 0 Å². The van der Waals surface area contributed by atoms with E-state index in [4.69, 9.17) is 4.74 Å². The summed E-state index contributed by atoms with van der Waals surface area (Å²) in [6.07, 6.45) is 2.57. The Morgan fingerprint density at radius 1 is 1.25 bits per heavy atom. The number of benzene rings is 1. The third-order valence-electron chi connectivity index (χ3n) is 3.72. The zero-order valence-electron chi connectivity index (χ0n) is 14.7. The van der Waals surface area contributed by atoms with Gasteiger partial charge in [0.2, 0.25) is 0 Å². The number of pyridine rings is 1. The molecule has 0 spiro atoms. The Bertz CT molecular complexity index is 1160. The number of halogens is 2. The highest BCUT2D eigenvalue weighted by molar-refractivity contribution is 7.90. The first-order chi connectivity index (χ1) is 13.2. The van der Waals surface area contributed by atoms with Crippen molar-refractivity contribution >= 4 is 15.9 Å². The molecule has 2 aromatic heterocycles. The topological polar surface area (TPSA) is 103 Å².